The normalized spacial score (nSPS) is 10.6. The second-order valence-electron chi connectivity index (χ2n) is 3.30. The number of hydrogen-bond donors (Lipinski definition) is 1. The number of methoxy groups -OCH3 is 1. The molecule has 0 bridgehead atoms. The minimum Gasteiger partial charge on any atom is -0.494 e. The van der Waals surface area contributed by atoms with Crippen molar-refractivity contribution in [2.75, 3.05) is 13.7 Å². The fourth-order valence-corrected chi connectivity index (χ4v) is 1.51. The maximum absolute atomic E-state index is 12.7. The molecule has 2 N–H and O–H groups in total. The van der Waals surface area contributed by atoms with E-state index in [9.17, 15) is 13.6 Å². The Kier molecular flexibility index (Phi) is 4.96. The quantitative estimate of drug-likeness (QED) is 0.815. The number of halogens is 2. The van der Waals surface area contributed by atoms with Crippen LogP contribution in [0.15, 0.2) is 6.20 Å². The number of nitrogens with zero attached hydrogens (tertiary/aromatic N) is 1. The molecule has 0 saturated heterocycles. The predicted molar refractivity (Wildman–Crippen MR) is 59.6 cm³/mol. The van der Waals surface area contributed by atoms with Crippen molar-refractivity contribution in [2.45, 2.75) is 19.9 Å². The standard InChI is InChI=1S/C11H14F2N2O3/c1-3-18-11(16)8-9(17-2)6(4-14)7(5-15-8)10(12)13/h5,10H,3-4,14H2,1-2H3. The molecule has 1 aromatic rings. The average molecular weight is 260 g/mol. The summed E-state index contributed by atoms with van der Waals surface area (Å²) in [6.07, 6.45) is -1.82. The van der Waals surface area contributed by atoms with Gasteiger partial charge in [0, 0.05) is 23.9 Å². The first kappa shape index (κ1) is 14.3. The molecule has 0 spiro atoms. The minimum absolute atomic E-state index is 0.0607. The van der Waals surface area contributed by atoms with Gasteiger partial charge in [0.05, 0.1) is 13.7 Å². The van der Waals surface area contributed by atoms with Crippen molar-refractivity contribution >= 4 is 5.97 Å². The summed E-state index contributed by atoms with van der Waals surface area (Å²) in [6, 6.07) is 0. The molecule has 1 rings (SSSR count). The van der Waals surface area contributed by atoms with Crippen molar-refractivity contribution in [3.63, 3.8) is 0 Å². The molecule has 1 heterocycles. The maximum atomic E-state index is 12.7. The van der Waals surface area contributed by atoms with E-state index < -0.39 is 12.4 Å². The lowest BCUT2D eigenvalue weighted by molar-refractivity contribution is 0.0514. The Hall–Kier alpha value is -1.76. The van der Waals surface area contributed by atoms with Gasteiger partial charge in [-0.15, -0.1) is 0 Å². The van der Waals surface area contributed by atoms with E-state index in [4.69, 9.17) is 15.2 Å². The average Bonchev–Trinajstić information content (AvgIpc) is 2.36. The van der Waals surface area contributed by atoms with Crippen LogP contribution in [0, 0.1) is 0 Å². The Morgan fingerprint density at radius 1 is 1.56 bits per heavy atom. The van der Waals surface area contributed by atoms with Crippen molar-refractivity contribution in [3.05, 3.63) is 23.0 Å². The molecule has 7 heteroatoms. The van der Waals surface area contributed by atoms with E-state index in [2.05, 4.69) is 4.98 Å². The van der Waals surface area contributed by atoms with Crippen LogP contribution in [0.2, 0.25) is 0 Å². The van der Waals surface area contributed by atoms with Crippen molar-refractivity contribution in [1.82, 2.24) is 4.98 Å². The zero-order chi connectivity index (χ0) is 13.7. The van der Waals surface area contributed by atoms with Gasteiger partial charge >= 0.3 is 5.97 Å². The van der Waals surface area contributed by atoms with Crippen LogP contribution in [0.25, 0.3) is 0 Å². The summed E-state index contributed by atoms with van der Waals surface area (Å²) in [7, 11) is 1.26. The zero-order valence-electron chi connectivity index (χ0n) is 10.1. The first-order chi connectivity index (χ1) is 8.56. The van der Waals surface area contributed by atoms with Gasteiger partial charge < -0.3 is 15.2 Å². The third-order valence-electron chi connectivity index (χ3n) is 2.28. The highest BCUT2D eigenvalue weighted by Crippen LogP contribution is 2.31. The van der Waals surface area contributed by atoms with Gasteiger partial charge in [0.2, 0.25) is 0 Å². The molecule has 0 fully saturated rings. The fourth-order valence-electron chi connectivity index (χ4n) is 1.51. The first-order valence-corrected chi connectivity index (χ1v) is 5.27. The largest absolute Gasteiger partial charge is 0.494 e. The van der Waals surface area contributed by atoms with Gasteiger partial charge in [0.1, 0.15) is 0 Å². The molecule has 0 aliphatic rings. The number of hydrogen-bond acceptors (Lipinski definition) is 5. The number of esters is 1. The van der Waals surface area contributed by atoms with Gasteiger partial charge in [0.25, 0.3) is 6.43 Å². The summed E-state index contributed by atoms with van der Waals surface area (Å²) in [5.41, 5.74) is 4.98. The van der Waals surface area contributed by atoms with Crippen LogP contribution in [0.4, 0.5) is 8.78 Å². The molecule has 100 valence electrons. The Balaban J connectivity index is 3.34. The van der Waals surface area contributed by atoms with E-state index in [-0.39, 0.29) is 35.7 Å². The van der Waals surface area contributed by atoms with E-state index >= 15 is 0 Å². The fraction of sp³-hybridized carbons (Fsp3) is 0.455. The monoisotopic (exact) mass is 260 g/mol. The Labute approximate surface area is 103 Å². The molecule has 0 amide bonds. The molecular weight excluding hydrogens is 246 g/mol. The van der Waals surface area contributed by atoms with Gasteiger partial charge in [-0.1, -0.05) is 0 Å². The zero-order valence-corrected chi connectivity index (χ0v) is 10.1. The highest BCUT2D eigenvalue weighted by Gasteiger charge is 2.24. The molecule has 18 heavy (non-hydrogen) atoms. The molecule has 0 saturated carbocycles. The molecule has 0 atom stereocenters. The summed E-state index contributed by atoms with van der Waals surface area (Å²) in [5, 5.41) is 0. The smallest absolute Gasteiger partial charge is 0.360 e. The van der Waals surface area contributed by atoms with Gasteiger partial charge in [-0.05, 0) is 6.92 Å². The number of alkyl halides is 2. The number of nitrogens with two attached hydrogens (primary N) is 1. The van der Waals surface area contributed by atoms with Crippen molar-refractivity contribution in [2.24, 2.45) is 5.73 Å². The van der Waals surface area contributed by atoms with Crippen LogP contribution >= 0.6 is 0 Å². The van der Waals surface area contributed by atoms with Crippen LogP contribution in [-0.4, -0.2) is 24.7 Å². The summed E-state index contributed by atoms with van der Waals surface area (Å²) >= 11 is 0. The van der Waals surface area contributed by atoms with E-state index in [1.807, 2.05) is 0 Å². The Morgan fingerprint density at radius 3 is 2.67 bits per heavy atom. The third kappa shape index (κ3) is 2.73. The van der Waals surface area contributed by atoms with Gasteiger partial charge in [-0.25, -0.2) is 18.6 Å². The molecular formula is C11H14F2N2O3. The lowest BCUT2D eigenvalue weighted by Gasteiger charge is -2.14. The summed E-state index contributed by atoms with van der Waals surface area (Å²) in [5.74, 6) is -0.793. The van der Waals surface area contributed by atoms with Crippen LogP contribution in [0.3, 0.4) is 0 Å². The third-order valence-corrected chi connectivity index (χ3v) is 2.28. The van der Waals surface area contributed by atoms with Gasteiger partial charge in [0.15, 0.2) is 11.4 Å². The van der Waals surface area contributed by atoms with Crippen LogP contribution in [0.5, 0.6) is 5.75 Å². The van der Waals surface area contributed by atoms with E-state index in [0.717, 1.165) is 6.20 Å². The highest BCUT2D eigenvalue weighted by molar-refractivity contribution is 5.91. The van der Waals surface area contributed by atoms with Gasteiger partial charge in [-0.3, -0.25) is 0 Å². The SMILES string of the molecule is CCOC(=O)c1ncc(C(F)F)c(CN)c1OC. The lowest BCUT2D eigenvalue weighted by atomic mass is 10.1. The minimum atomic E-state index is -2.74. The molecule has 1 aromatic heterocycles. The van der Waals surface area contributed by atoms with Gasteiger partial charge in [-0.2, -0.15) is 0 Å². The first-order valence-electron chi connectivity index (χ1n) is 5.27. The summed E-state index contributed by atoms with van der Waals surface area (Å²) in [6.45, 7) is 1.59. The molecule has 0 unspecified atom stereocenters. The molecule has 0 aromatic carbocycles. The number of aromatic nitrogens is 1. The van der Waals surface area contributed by atoms with Crippen LogP contribution in [0.1, 0.15) is 35.0 Å². The number of rotatable bonds is 5. The topological polar surface area (TPSA) is 74.4 Å². The van der Waals surface area contributed by atoms with E-state index in [0.29, 0.717) is 0 Å². The van der Waals surface area contributed by atoms with Crippen molar-refractivity contribution in [3.8, 4) is 5.75 Å². The van der Waals surface area contributed by atoms with Crippen LogP contribution < -0.4 is 10.5 Å². The Bertz CT molecular complexity index is 439. The molecule has 5 nitrogen and oxygen atoms in total. The number of pyridine rings is 1. The summed E-state index contributed by atoms with van der Waals surface area (Å²) < 4.78 is 35.2. The number of carbonyl (C=O) groups is 1. The van der Waals surface area contributed by atoms with Crippen molar-refractivity contribution < 1.29 is 23.0 Å². The van der Waals surface area contributed by atoms with E-state index in [1.165, 1.54) is 7.11 Å². The second-order valence-corrected chi connectivity index (χ2v) is 3.30. The maximum Gasteiger partial charge on any atom is 0.360 e. The molecule has 0 aliphatic carbocycles. The van der Waals surface area contributed by atoms with Crippen molar-refractivity contribution in [1.29, 1.82) is 0 Å². The molecule has 0 aliphatic heterocycles. The Morgan fingerprint density at radius 2 is 2.22 bits per heavy atom. The second kappa shape index (κ2) is 6.25. The number of carbonyl (C=O) groups excluding carboxylic acids is 1. The summed E-state index contributed by atoms with van der Waals surface area (Å²) in [4.78, 5) is 15.2. The van der Waals surface area contributed by atoms with E-state index in [1.54, 1.807) is 6.92 Å². The van der Waals surface area contributed by atoms with Crippen LogP contribution in [-0.2, 0) is 11.3 Å². The predicted octanol–water partition coefficient (Wildman–Crippen LogP) is 1.66. The molecule has 0 radical (unpaired) electrons. The number of ether oxygens (including phenoxy) is 2. The highest BCUT2D eigenvalue weighted by atomic mass is 19.3. The lowest BCUT2D eigenvalue weighted by Crippen LogP contribution is -2.14.